The van der Waals surface area contributed by atoms with Crippen LogP contribution in [0, 0.1) is 23.7 Å². The first kappa shape index (κ1) is 21.1. The van der Waals surface area contributed by atoms with Crippen molar-refractivity contribution in [3.8, 4) is 17.5 Å². The Kier molecular flexibility index (Phi) is 4.83. The highest BCUT2D eigenvalue weighted by atomic mass is 35.5. The van der Waals surface area contributed by atoms with E-state index in [1.165, 1.54) is 5.56 Å². The summed E-state index contributed by atoms with van der Waals surface area (Å²) in [6, 6.07) is 11.8. The van der Waals surface area contributed by atoms with Crippen LogP contribution >= 0.6 is 11.6 Å². The number of fused-ring (bicyclic) bond motifs is 2. The van der Waals surface area contributed by atoms with E-state index in [2.05, 4.69) is 28.1 Å². The number of nitrogens with zero attached hydrogens (tertiary/aromatic N) is 6. The highest BCUT2D eigenvalue weighted by Gasteiger charge is 2.47. The van der Waals surface area contributed by atoms with Gasteiger partial charge in [-0.3, -0.25) is 9.38 Å². The molecular formula is C26H24ClN7. The molecule has 2 aliphatic rings. The molecule has 4 aromatic rings. The van der Waals surface area contributed by atoms with E-state index < -0.39 is 0 Å². The van der Waals surface area contributed by atoms with Crippen molar-refractivity contribution in [2.45, 2.75) is 32.2 Å². The van der Waals surface area contributed by atoms with Crippen molar-refractivity contribution in [1.29, 1.82) is 5.26 Å². The maximum Gasteiger partial charge on any atom is 0.154 e. The van der Waals surface area contributed by atoms with E-state index in [0.29, 0.717) is 16.4 Å². The molecule has 1 atom stereocenters. The van der Waals surface area contributed by atoms with Crippen molar-refractivity contribution in [2.24, 2.45) is 11.1 Å². The first-order chi connectivity index (χ1) is 16.5. The molecule has 1 saturated heterocycles. The fourth-order valence-electron chi connectivity index (χ4n) is 5.62. The maximum absolute atomic E-state index is 9.35. The van der Waals surface area contributed by atoms with Gasteiger partial charge in [-0.15, -0.1) is 0 Å². The van der Waals surface area contributed by atoms with Crippen molar-refractivity contribution in [2.75, 3.05) is 18.0 Å². The molecule has 6 rings (SSSR count). The minimum Gasteiger partial charge on any atom is -0.355 e. The number of halogens is 1. The van der Waals surface area contributed by atoms with Crippen molar-refractivity contribution in [3.05, 3.63) is 76.5 Å². The molecule has 3 aromatic heterocycles. The topological polar surface area (TPSA) is 96.1 Å². The van der Waals surface area contributed by atoms with Gasteiger partial charge < -0.3 is 10.6 Å². The number of benzene rings is 1. The van der Waals surface area contributed by atoms with E-state index in [4.69, 9.17) is 27.3 Å². The smallest absolute Gasteiger partial charge is 0.154 e. The maximum atomic E-state index is 9.35. The molecule has 0 saturated carbocycles. The number of hydrogen-bond acceptors (Lipinski definition) is 6. The summed E-state index contributed by atoms with van der Waals surface area (Å²) in [5.74, 6) is 1.60. The van der Waals surface area contributed by atoms with Crippen molar-refractivity contribution >= 4 is 22.9 Å². The Hall–Kier alpha value is -3.47. The van der Waals surface area contributed by atoms with Crippen LogP contribution in [0.25, 0.3) is 16.9 Å². The van der Waals surface area contributed by atoms with Crippen LogP contribution in [0.2, 0.25) is 5.02 Å². The summed E-state index contributed by atoms with van der Waals surface area (Å²) in [5, 5.41) is 9.77. The summed E-state index contributed by atoms with van der Waals surface area (Å²) < 4.78 is 2.00. The lowest BCUT2D eigenvalue weighted by molar-refractivity contribution is 0.187. The number of piperidine rings is 1. The lowest BCUT2D eigenvalue weighted by Gasteiger charge is -2.42. The largest absolute Gasteiger partial charge is 0.355 e. The summed E-state index contributed by atoms with van der Waals surface area (Å²) in [6.45, 7) is 3.78. The number of nitriles is 1. The summed E-state index contributed by atoms with van der Waals surface area (Å²) in [4.78, 5) is 16.5. The monoisotopic (exact) mass is 469 g/mol. The number of nitrogens with two attached hydrogens (primary N) is 1. The average Bonchev–Trinajstić information content (AvgIpc) is 3.39. The Morgan fingerprint density at radius 2 is 2.00 bits per heavy atom. The highest BCUT2D eigenvalue weighted by Crippen LogP contribution is 2.50. The zero-order chi connectivity index (χ0) is 23.4. The van der Waals surface area contributed by atoms with Crippen LogP contribution in [-0.4, -0.2) is 32.4 Å². The predicted octanol–water partition coefficient (Wildman–Crippen LogP) is 4.47. The van der Waals surface area contributed by atoms with Crippen molar-refractivity contribution in [3.63, 3.8) is 0 Å². The molecule has 4 heterocycles. The van der Waals surface area contributed by atoms with Gasteiger partial charge in [0, 0.05) is 48.5 Å². The zero-order valence-corrected chi connectivity index (χ0v) is 19.6. The van der Waals surface area contributed by atoms with E-state index in [9.17, 15) is 5.26 Å². The number of hydrogen-bond donors (Lipinski definition) is 1. The Balaban J connectivity index is 1.30. The lowest BCUT2D eigenvalue weighted by atomic mass is 9.73. The van der Waals surface area contributed by atoms with Crippen LogP contribution in [0.5, 0.6) is 0 Å². The van der Waals surface area contributed by atoms with Gasteiger partial charge in [0.05, 0.1) is 16.8 Å². The van der Waals surface area contributed by atoms with E-state index in [0.717, 1.165) is 60.6 Å². The Bertz CT molecular complexity index is 1460. The van der Waals surface area contributed by atoms with Gasteiger partial charge in [-0.2, -0.15) is 5.26 Å². The van der Waals surface area contributed by atoms with E-state index in [1.807, 2.05) is 35.9 Å². The Labute approximate surface area is 202 Å². The normalized spacial score (nSPS) is 18.9. The van der Waals surface area contributed by atoms with Crippen LogP contribution in [0.1, 0.15) is 41.4 Å². The molecule has 2 N–H and O–H groups in total. The summed E-state index contributed by atoms with van der Waals surface area (Å²) in [7, 11) is 0. The van der Waals surface area contributed by atoms with Gasteiger partial charge in [-0.05, 0) is 55.4 Å². The Morgan fingerprint density at radius 1 is 1.18 bits per heavy atom. The van der Waals surface area contributed by atoms with Gasteiger partial charge in [0.15, 0.2) is 5.82 Å². The second kappa shape index (κ2) is 7.79. The zero-order valence-electron chi connectivity index (χ0n) is 18.9. The SMILES string of the molecule is Cc1ccc2c(n1)CC1(CCN(c3nccn4c(-c5cccc(C#N)c5Cl)ncc34)CC1)C2N. The average molecular weight is 470 g/mol. The Morgan fingerprint density at radius 3 is 2.79 bits per heavy atom. The van der Waals surface area contributed by atoms with Gasteiger partial charge in [-0.1, -0.05) is 23.7 Å². The van der Waals surface area contributed by atoms with E-state index in [-0.39, 0.29) is 11.5 Å². The molecule has 0 bridgehead atoms. The van der Waals surface area contributed by atoms with Gasteiger partial charge in [0.2, 0.25) is 0 Å². The predicted molar refractivity (Wildman–Crippen MR) is 132 cm³/mol. The van der Waals surface area contributed by atoms with E-state index >= 15 is 0 Å². The van der Waals surface area contributed by atoms with Crippen LogP contribution < -0.4 is 10.6 Å². The molecule has 34 heavy (non-hydrogen) atoms. The van der Waals surface area contributed by atoms with Crippen LogP contribution in [-0.2, 0) is 6.42 Å². The molecule has 8 heteroatoms. The standard InChI is InChI=1S/C26H24ClN7/c1-16-5-6-18-20(32-16)13-26(23(18)29)7-10-33(11-8-26)25-21-15-31-24(34(21)12-9-30-25)19-4-2-3-17(14-28)22(19)27/h2-6,9,12,15,23H,7-8,10-11,13,29H2,1H3. The fraction of sp³-hybridized carbons (Fsp3) is 0.308. The molecule has 1 aliphatic heterocycles. The number of pyridine rings is 1. The van der Waals surface area contributed by atoms with Gasteiger partial charge in [-0.25, -0.2) is 9.97 Å². The van der Waals surface area contributed by atoms with Crippen LogP contribution in [0.3, 0.4) is 0 Å². The van der Waals surface area contributed by atoms with Gasteiger partial charge >= 0.3 is 0 Å². The van der Waals surface area contributed by atoms with Crippen LogP contribution in [0.4, 0.5) is 5.82 Å². The quantitative estimate of drug-likeness (QED) is 0.465. The number of aromatic nitrogens is 4. The summed E-state index contributed by atoms with van der Waals surface area (Å²) in [6.07, 6.45) is 8.44. The van der Waals surface area contributed by atoms with Crippen LogP contribution in [0.15, 0.2) is 48.9 Å². The third-order valence-electron chi connectivity index (χ3n) is 7.52. The number of anilines is 1. The molecule has 170 valence electrons. The second-order valence-corrected chi connectivity index (χ2v) is 9.74. The molecule has 1 aliphatic carbocycles. The third kappa shape index (κ3) is 3.10. The fourth-order valence-corrected chi connectivity index (χ4v) is 5.87. The number of rotatable bonds is 2. The summed E-state index contributed by atoms with van der Waals surface area (Å²) >= 11 is 6.50. The van der Waals surface area contributed by atoms with Crippen molar-refractivity contribution < 1.29 is 0 Å². The summed E-state index contributed by atoms with van der Waals surface area (Å²) in [5.41, 5.74) is 12.3. The second-order valence-electron chi connectivity index (χ2n) is 9.36. The molecule has 0 radical (unpaired) electrons. The highest BCUT2D eigenvalue weighted by molar-refractivity contribution is 6.34. The lowest BCUT2D eigenvalue weighted by Crippen LogP contribution is -2.44. The number of aryl methyl sites for hydroxylation is 1. The molecule has 7 nitrogen and oxygen atoms in total. The molecule has 1 spiro atoms. The molecular weight excluding hydrogens is 446 g/mol. The first-order valence-corrected chi connectivity index (χ1v) is 11.9. The van der Waals surface area contributed by atoms with Crippen molar-refractivity contribution in [1.82, 2.24) is 19.4 Å². The minimum atomic E-state index is 0.0256. The number of imidazole rings is 1. The van der Waals surface area contributed by atoms with Gasteiger partial charge in [0.1, 0.15) is 17.4 Å². The minimum absolute atomic E-state index is 0.0256. The van der Waals surface area contributed by atoms with E-state index in [1.54, 1.807) is 12.3 Å². The molecule has 0 amide bonds. The third-order valence-corrected chi connectivity index (χ3v) is 7.93. The van der Waals surface area contributed by atoms with Gasteiger partial charge in [0.25, 0.3) is 0 Å². The molecule has 1 fully saturated rings. The first-order valence-electron chi connectivity index (χ1n) is 11.5. The molecule has 1 unspecified atom stereocenters. The molecule has 1 aromatic carbocycles.